The Morgan fingerprint density at radius 3 is 2.71 bits per heavy atom. The lowest BCUT2D eigenvalue weighted by Crippen LogP contribution is -2.28. The fraction of sp³-hybridized carbons (Fsp3) is 0.158. The number of rotatable bonds is 5. The standard InChI is InChI=1S/C19H19N3OS/c1-15-5-7-16(8-6-15)9-10-19(23)22(14-18-4-3-11-24-18)17-12-20-21(2)13-17/h3-13H,14H2,1-2H3. The highest BCUT2D eigenvalue weighted by atomic mass is 32.1. The fourth-order valence-corrected chi connectivity index (χ4v) is 3.03. The summed E-state index contributed by atoms with van der Waals surface area (Å²) < 4.78 is 1.70. The normalized spacial score (nSPS) is 11.1. The van der Waals surface area contributed by atoms with Crippen LogP contribution in [0.1, 0.15) is 16.0 Å². The first-order valence-corrected chi connectivity index (χ1v) is 8.57. The Hall–Kier alpha value is -2.66. The molecule has 0 spiro atoms. The average molecular weight is 337 g/mol. The molecule has 0 aliphatic rings. The molecule has 0 aliphatic carbocycles. The zero-order valence-electron chi connectivity index (χ0n) is 13.7. The monoisotopic (exact) mass is 337 g/mol. The lowest BCUT2D eigenvalue weighted by molar-refractivity contribution is -0.114. The van der Waals surface area contributed by atoms with Crippen LogP contribution in [0.2, 0.25) is 0 Å². The van der Waals surface area contributed by atoms with E-state index in [1.54, 1.807) is 33.2 Å². The van der Waals surface area contributed by atoms with Crippen LogP contribution in [0.5, 0.6) is 0 Å². The first kappa shape index (κ1) is 16.2. The molecule has 0 aliphatic heterocycles. The van der Waals surface area contributed by atoms with Crippen molar-refractivity contribution >= 4 is 29.0 Å². The molecule has 0 radical (unpaired) electrons. The molecule has 2 aromatic heterocycles. The first-order valence-electron chi connectivity index (χ1n) is 7.69. The van der Waals surface area contributed by atoms with Crippen LogP contribution in [-0.4, -0.2) is 15.7 Å². The molecule has 5 heteroatoms. The maximum atomic E-state index is 12.7. The summed E-state index contributed by atoms with van der Waals surface area (Å²) >= 11 is 1.64. The van der Waals surface area contributed by atoms with Gasteiger partial charge >= 0.3 is 0 Å². The maximum Gasteiger partial charge on any atom is 0.251 e. The van der Waals surface area contributed by atoms with Crippen LogP contribution in [-0.2, 0) is 18.4 Å². The second kappa shape index (κ2) is 7.27. The van der Waals surface area contributed by atoms with Gasteiger partial charge in [0.05, 0.1) is 18.4 Å². The molecule has 3 aromatic rings. The summed E-state index contributed by atoms with van der Waals surface area (Å²) in [7, 11) is 1.85. The maximum absolute atomic E-state index is 12.7. The van der Waals surface area contributed by atoms with Crippen molar-refractivity contribution in [1.29, 1.82) is 0 Å². The Kier molecular flexibility index (Phi) is 4.91. The summed E-state index contributed by atoms with van der Waals surface area (Å²) in [6.07, 6.45) is 7.03. The Balaban J connectivity index is 1.81. The Morgan fingerprint density at radius 2 is 2.08 bits per heavy atom. The molecule has 0 saturated carbocycles. The van der Waals surface area contributed by atoms with Gasteiger partial charge < -0.3 is 4.90 Å². The van der Waals surface area contributed by atoms with Crippen LogP contribution in [0.3, 0.4) is 0 Å². The number of anilines is 1. The molecule has 0 fully saturated rings. The lowest BCUT2D eigenvalue weighted by Gasteiger charge is -2.18. The van der Waals surface area contributed by atoms with Gasteiger partial charge in [0.2, 0.25) is 0 Å². The number of carbonyl (C=O) groups excluding carboxylic acids is 1. The molecular weight excluding hydrogens is 318 g/mol. The summed E-state index contributed by atoms with van der Waals surface area (Å²) in [6.45, 7) is 2.59. The predicted molar refractivity (Wildman–Crippen MR) is 98.9 cm³/mol. The van der Waals surface area contributed by atoms with Crippen LogP contribution < -0.4 is 4.90 Å². The SMILES string of the molecule is Cc1ccc(C=CC(=O)N(Cc2cccs2)c2cnn(C)c2)cc1. The van der Waals surface area contributed by atoms with E-state index in [-0.39, 0.29) is 5.91 Å². The van der Waals surface area contributed by atoms with E-state index in [9.17, 15) is 4.79 Å². The number of aromatic nitrogens is 2. The van der Waals surface area contributed by atoms with Crippen LogP contribution in [0.15, 0.2) is 60.2 Å². The smallest absolute Gasteiger partial charge is 0.251 e. The van der Waals surface area contributed by atoms with Crippen molar-refractivity contribution in [2.24, 2.45) is 7.05 Å². The summed E-state index contributed by atoms with van der Waals surface area (Å²) in [5.74, 6) is -0.0584. The van der Waals surface area contributed by atoms with Gasteiger partial charge in [0.25, 0.3) is 5.91 Å². The van der Waals surface area contributed by atoms with Gasteiger partial charge in [-0.15, -0.1) is 11.3 Å². The van der Waals surface area contributed by atoms with Crippen molar-refractivity contribution in [3.8, 4) is 0 Å². The number of carbonyl (C=O) groups is 1. The molecule has 0 N–H and O–H groups in total. The third-order valence-corrected chi connectivity index (χ3v) is 4.52. The molecule has 4 nitrogen and oxygen atoms in total. The van der Waals surface area contributed by atoms with E-state index in [0.29, 0.717) is 6.54 Å². The van der Waals surface area contributed by atoms with Crippen LogP contribution in [0.25, 0.3) is 6.08 Å². The quantitative estimate of drug-likeness (QED) is 0.659. The number of hydrogen-bond acceptors (Lipinski definition) is 3. The van der Waals surface area contributed by atoms with E-state index < -0.39 is 0 Å². The van der Waals surface area contributed by atoms with Gasteiger partial charge in [-0.2, -0.15) is 5.10 Å². The minimum Gasteiger partial charge on any atom is -0.301 e. The lowest BCUT2D eigenvalue weighted by atomic mass is 10.1. The molecule has 1 aromatic carbocycles. The fourth-order valence-electron chi connectivity index (χ4n) is 2.34. The van der Waals surface area contributed by atoms with Gasteiger partial charge in [-0.25, -0.2) is 0 Å². The highest BCUT2D eigenvalue weighted by Gasteiger charge is 2.16. The van der Waals surface area contributed by atoms with Crippen LogP contribution >= 0.6 is 11.3 Å². The van der Waals surface area contributed by atoms with Crippen molar-refractivity contribution in [2.45, 2.75) is 13.5 Å². The molecule has 1 amide bonds. The van der Waals surface area contributed by atoms with Crippen molar-refractivity contribution in [1.82, 2.24) is 9.78 Å². The third-order valence-electron chi connectivity index (χ3n) is 3.66. The van der Waals surface area contributed by atoms with Crippen molar-refractivity contribution in [2.75, 3.05) is 4.90 Å². The zero-order chi connectivity index (χ0) is 16.9. The minimum absolute atomic E-state index is 0.0584. The van der Waals surface area contributed by atoms with E-state index in [2.05, 4.69) is 5.10 Å². The number of thiophene rings is 1. The Bertz CT molecular complexity index is 832. The van der Waals surface area contributed by atoms with Crippen LogP contribution in [0.4, 0.5) is 5.69 Å². The molecule has 0 bridgehead atoms. The van der Waals surface area contributed by atoms with E-state index in [0.717, 1.165) is 16.1 Å². The van der Waals surface area contributed by atoms with Crippen molar-refractivity contribution < 1.29 is 4.79 Å². The van der Waals surface area contributed by atoms with Crippen molar-refractivity contribution in [3.05, 3.63) is 76.3 Å². The Morgan fingerprint density at radius 1 is 1.29 bits per heavy atom. The van der Waals surface area contributed by atoms with Gasteiger partial charge in [-0.3, -0.25) is 9.48 Å². The summed E-state index contributed by atoms with van der Waals surface area (Å²) in [4.78, 5) is 15.6. The van der Waals surface area contributed by atoms with Gasteiger partial charge in [-0.05, 0) is 30.0 Å². The number of aryl methyl sites for hydroxylation is 2. The zero-order valence-corrected chi connectivity index (χ0v) is 14.5. The van der Waals surface area contributed by atoms with E-state index >= 15 is 0 Å². The average Bonchev–Trinajstić information content (AvgIpc) is 3.23. The topological polar surface area (TPSA) is 38.1 Å². The molecule has 0 atom stereocenters. The summed E-state index contributed by atoms with van der Waals surface area (Å²) in [5.41, 5.74) is 3.01. The number of nitrogens with zero attached hydrogens (tertiary/aromatic N) is 3. The minimum atomic E-state index is -0.0584. The predicted octanol–water partition coefficient (Wildman–Crippen LogP) is 4.04. The van der Waals surface area contributed by atoms with E-state index in [1.165, 1.54) is 5.56 Å². The molecule has 3 rings (SSSR count). The summed E-state index contributed by atoms with van der Waals surface area (Å²) in [6, 6.07) is 12.1. The van der Waals surface area contributed by atoms with Gasteiger partial charge in [0, 0.05) is 24.2 Å². The second-order valence-electron chi connectivity index (χ2n) is 5.62. The number of hydrogen-bond donors (Lipinski definition) is 0. The third kappa shape index (κ3) is 4.00. The first-order chi connectivity index (χ1) is 11.6. The molecule has 2 heterocycles. The molecule has 24 heavy (non-hydrogen) atoms. The van der Waals surface area contributed by atoms with Crippen molar-refractivity contribution in [3.63, 3.8) is 0 Å². The number of amides is 1. The van der Waals surface area contributed by atoms with E-state index in [4.69, 9.17) is 0 Å². The molecule has 122 valence electrons. The molecular formula is C19H19N3OS. The largest absolute Gasteiger partial charge is 0.301 e. The van der Waals surface area contributed by atoms with Gasteiger partial charge in [0.1, 0.15) is 0 Å². The molecule has 0 saturated heterocycles. The second-order valence-corrected chi connectivity index (χ2v) is 6.65. The highest BCUT2D eigenvalue weighted by Crippen LogP contribution is 2.20. The van der Waals surface area contributed by atoms with E-state index in [1.807, 2.05) is 68.0 Å². The van der Waals surface area contributed by atoms with Gasteiger partial charge in [-0.1, -0.05) is 35.9 Å². The van der Waals surface area contributed by atoms with Crippen LogP contribution in [0, 0.1) is 6.92 Å². The highest BCUT2D eigenvalue weighted by molar-refractivity contribution is 7.09. The summed E-state index contributed by atoms with van der Waals surface area (Å²) in [5, 5.41) is 6.20. The van der Waals surface area contributed by atoms with Gasteiger partial charge in [0.15, 0.2) is 0 Å². The Labute approximate surface area is 145 Å². The molecule has 0 unspecified atom stereocenters. The number of benzene rings is 1.